The number of rotatable bonds is 8. The normalized spacial score (nSPS) is 31.1. The third kappa shape index (κ3) is 4.76. The molecule has 10 nitrogen and oxygen atoms in total. The Balaban J connectivity index is 1.39. The molecule has 4 aliphatic carbocycles. The first-order valence-corrected chi connectivity index (χ1v) is 13.6. The van der Waals surface area contributed by atoms with Gasteiger partial charge in [0, 0.05) is 37.3 Å². The van der Waals surface area contributed by atoms with Gasteiger partial charge in [-0.25, -0.2) is 4.68 Å². The number of hydrogen-bond acceptors (Lipinski definition) is 6. The Morgan fingerprint density at radius 3 is 2.49 bits per heavy atom. The van der Waals surface area contributed by atoms with Gasteiger partial charge >= 0.3 is 0 Å². The highest BCUT2D eigenvalue weighted by molar-refractivity contribution is 5.99. The predicted molar refractivity (Wildman–Crippen MR) is 139 cm³/mol. The molecule has 3 amide bonds. The number of amides is 3. The van der Waals surface area contributed by atoms with E-state index in [2.05, 4.69) is 20.6 Å². The maximum atomic E-state index is 13.7. The zero-order chi connectivity index (χ0) is 26.4. The lowest BCUT2D eigenvalue weighted by Crippen LogP contribution is -2.62. The highest BCUT2D eigenvalue weighted by Crippen LogP contribution is 2.60. The third-order valence-electron chi connectivity index (χ3n) is 8.97. The SMILES string of the molecule is CCNC(=O)C(C)(C)/C=C/n1ncc(C(=O)N[C@H]2C3CC4CC2C[C@](C(N)=O)(C4)C3)c1N1CCOCC1. The molecule has 6 rings (SSSR count). The molecule has 2 atom stereocenters. The lowest BCUT2D eigenvalue weighted by molar-refractivity contribution is -0.145. The average molecular weight is 513 g/mol. The number of nitrogens with one attached hydrogen (secondary N) is 2. The van der Waals surface area contributed by atoms with E-state index in [1.807, 2.05) is 26.8 Å². The monoisotopic (exact) mass is 512 g/mol. The molecule has 4 N–H and O–H groups in total. The summed E-state index contributed by atoms with van der Waals surface area (Å²) in [6, 6.07) is 0.0460. The van der Waals surface area contributed by atoms with E-state index >= 15 is 0 Å². The van der Waals surface area contributed by atoms with Crippen LogP contribution in [0.1, 0.15) is 63.2 Å². The van der Waals surface area contributed by atoms with E-state index in [9.17, 15) is 14.4 Å². The van der Waals surface area contributed by atoms with E-state index < -0.39 is 5.41 Å². The van der Waals surface area contributed by atoms with Crippen molar-refractivity contribution in [3.63, 3.8) is 0 Å². The van der Waals surface area contributed by atoms with Crippen molar-refractivity contribution in [2.45, 2.75) is 58.9 Å². The molecule has 10 heteroatoms. The molecule has 2 unspecified atom stereocenters. The third-order valence-corrected chi connectivity index (χ3v) is 8.97. The number of anilines is 1. The minimum atomic E-state index is -0.733. The minimum absolute atomic E-state index is 0.0460. The maximum absolute atomic E-state index is 13.7. The second-order valence-electron chi connectivity index (χ2n) is 11.9. The summed E-state index contributed by atoms with van der Waals surface area (Å²) in [7, 11) is 0. The maximum Gasteiger partial charge on any atom is 0.256 e. The number of primary amides is 1. The van der Waals surface area contributed by atoms with Gasteiger partial charge in [-0.05, 0) is 70.6 Å². The summed E-state index contributed by atoms with van der Waals surface area (Å²) in [5.41, 5.74) is 5.24. The summed E-state index contributed by atoms with van der Waals surface area (Å²) in [5, 5.41) is 10.7. The first-order chi connectivity index (χ1) is 17.6. The van der Waals surface area contributed by atoms with Gasteiger partial charge < -0.3 is 26.0 Å². The van der Waals surface area contributed by atoms with E-state index in [4.69, 9.17) is 10.5 Å². The molecule has 0 radical (unpaired) electrons. The van der Waals surface area contributed by atoms with E-state index in [0.29, 0.717) is 50.1 Å². The summed E-state index contributed by atoms with van der Waals surface area (Å²) in [5.74, 6) is 1.42. The highest BCUT2D eigenvalue weighted by atomic mass is 16.5. The van der Waals surface area contributed by atoms with Gasteiger partial charge in [-0.2, -0.15) is 5.10 Å². The van der Waals surface area contributed by atoms with Crippen molar-refractivity contribution in [2.24, 2.45) is 34.3 Å². The molecule has 4 saturated carbocycles. The van der Waals surface area contributed by atoms with Crippen LogP contribution < -0.4 is 21.3 Å². The Kier molecular flexibility index (Phi) is 6.81. The van der Waals surface area contributed by atoms with Crippen LogP contribution in [0.4, 0.5) is 5.82 Å². The molecule has 37 heavy (non-hydrogen) atoms. The standard InChI is InChI=1S/C27H40N6O4/c1-4-29-25(36)26(2,3)5-6-33-23(32-7-9-37-10-8-32)20(16-30-33)22(34)31-21-18-11-17-12-19(21)15-27(13-17,14-18)24(28)35/h5-6,16-19,21H,4,7-15H2,1-3H3,(H2,28,35)(H,29,36)(H,31,34)/b6-5+/t17?,18?,19?,21-,27-. The first kappa shape index (κ1) is 25.8. The van der Waals surface area contributed by atoms with Crippen molar-refractivity contribution < 1.29 is 19.1 Å². The smallest absolute Gasteiger partial charge is 0.256 e. The fourth-order valence-corrected chi connectivity index (χ4v) is 7.23. The number of ether oxygens (including phenoxy) is 1. The van der Waals surface area contributed by atoms with Gasteiger partial charge in [0.15, 0.2) is 0 Å². The van der Waals surface area contributed by atoms with Crippen molar-refractivity contribution in [2.75, 3.05) is 37.7 Å². The quantitative estimate of drug-likeness (QED) is 0.486. The number of nitrogens with zero attached hydrogens (tertiary/aromatic N) is 3. The van der Waals surface area contributed by atoms with Crippen LogP contribution in [0, 0.1) is 28.6 Å². The van der Waals surface area contributed by atoms with Crippen molar-refractivity contribution in [1.29, 1.82) is 0 Å². The van der Waals surface area contributed by atoms with Crippen LogP contribution in [0.15, 0.2) is 12.3 Å². The molecule has 5 fully saturated rings. The number of morpholine rings is 1. The van der Waals surface area contributed by atoms with Crippen LogP contribution >= 0.6 is 0 Å². The molecule has 1 aliphatic heterocycles. The second kappa shape index (κ2) is 9.78. The molecule has 202 valence electrons. The summed E-state index contributed by atoms with van der Waals surface area (Å²) < 4.78 is 7.24. The van der Waals surface area contributed by atoms with Gasteiger partial charge in [-0.1, -0.05) is 6.08 Å². The molecule has 1 aromatic heterocycles. The molecule has 0 spiro atoms. The van der Waals surface area contributed by atoms with Crippen molar-refractivity contribution in [3.05, 3.63) is 17.8 Å². The minimum Gasteiger partial charge on any atom is -0.378 e. The summed E-state index contributed by atoms with van der Waals surface area (Å²) in [6.45, 7) is 8.60. The van der Waals surface area contributed by atoms with Crippen LogP contribution in [-0.2, 0) is 14.3 Å². The van der Waals surface area contributed by atoms with Gasteiger partial charge in [-0.3, -0.25) is 14.4 Å². The molecule has 1 saturated heterocycles. The Morgan fingerprint density at radius 1 is 1.19 bits per heavy atom. The predicted octanol–water partition coefficient (Wildman–Crippen LogP) is 1.76. The summed E-state index contributed by atoms with van der Waals surface area (Å²) >= 11 is 0. The van der Waals surface area contributed by atoms with E-state index in [-0.39, 0.29) is 41.0 Å². The Morgan fingerprint density at radius 2 is 1.86 bits per heavy atom. The van der Waals surface area contributed by atoms with Crippen LogP contribution in [0.2, 0.25) is 0 Å². The van der Waals surface area contributed by atoms with Crippen molar-refractivity contribution >= 4 is 29.7 Å². The number of carbonyl (C=O) groups is 3. The van der Waals surface area contributed by atoms with E-state index in [1.54, 1.807) is 17.1 Å². The highest BCUT2D eigenvalue weighted by Gasteiger charge is 2.58. The fourth-order valence-electron chi connectivity index (χ4n) is 7.23. The molecular weight excluding hydrogens is 472 g/mol. The largest absolute Gasteiger partial charge is 0.378 e. The van der Waals surface area contributed by atoms with Gasteiger partial charge in [0.25, 0.3) is 5.91 Å². The van der Waals surface area contributed by atoms with Crippen molar-refractivity contribution in [1.82, 2.24) is 20.4 Å². The lowest BCUT2D eigenvalue weighted by atomic mass is 9.47. The second-order valence-corrected chi connectivity index (χ2v) is 11.9. The molecule has 2 heterocycles. The Labute approximate surface area is 218 Å². The number of carbonyl (C=O) groups excluding carboxylic acids is 3. The zero-order valence-electron chi connectivity index (χ0n) is 22.2. The average Bonchev–Trinajstić information content (AvgIpc) is 3.29. The fraction of sp³-hybridized carbons (Fsp3) is 0.704. The van der Waals surface area contributed by atoms with Gasteiger partial charge in [0.05, 0.1) is 24.8 Å². The number of hydrogen-bond donors (Lipinski definition) is 3. The van der Waals surface area contributed by atoms with Gasteiger partial charge in [0.2, 0.25) is 11.8 Å². The molecule has 5 aliphatic rings. The zero-order valence-corrected chi connectivity index (χ0v) is 22.2. The van der Waals surface area contributed by atoms with Gasteiger partial charge in [-0.15, -0.1) is 0 Å². The summed E-state index contributed by atoms with van der Waals surface area (Å²) in [4.78, 5) is 40.6. The van der Waals surface area contributed by atoms with Crippen LogP contribution in [0.25, 0.3) is 6.20 Å². The molecule has 4 bridgehead atoms. The van der Waals surface area contributed by atoms with Gasteiger partial charge in [0.1, 0.15) is 11.4 Å². The molecule has 1 aromatic rings. The van der Waals surface area contributed by atoms with Crippen LogP contribution in [0.5, 0.6) is 0 Å². The molecule has 0 aromatic carbocycles. The number of nitrogens with two attached hydrogens (primary N) is 1. The van der Waals surface area contributed by atoms with E-state index in [0.717, 1.165) is 32.1 Å². The topological polar surface area (TPSA) is 132 Å². The summed E-state index contributed by atoms with van der Waals surface area (Å²) in [6.07, 6.45) is 9.75. The van der Waals surface area contributed by atoms with Crippen LogP contribution in [0.3, 0.4) is 0 Å². The van der Waals surface area contributed by atoms with E-state index in [1.165, 1.54) is 0 Å². The Bertz CT molecular complexity index is 1070. The van der Waals surface area contributed by atoms with Crippen LogP contribution in [-0.4, -0.2) is 66.4 Å². The lowest BCUT2D eigenvalue weighted by Gasteiger charge is -2.58. The molecular formula is C27H40N6O4. The van der Waals surface area contributed by atoms with Crippen molar-refractivity contribution in [3.8, 4) is 0 Å². The number of aromatic nitrogens is 2. The first-order valence-electron chi connectivity index (χ1n) is 13.6. The Hall–Kier alpha value is -2.88.